The SMILES string of the molecule is CC(C)CC(=O)C[C@](C)(O)[C@H]1CCC2C3C[C@H](OC4OC(CO)C(O)C(OC5OCC(OC6OCC(O)C(O)C6O)C(O)C5OC5OC(C)C(O)C(O)C5O)C4O)C4C[C@@H](OS(=O)(=O)O)CC[C@]4(C)C3=CC[C@@]21C. The van der Waals surface area contributed by atoms with Crippen molar-refractivity contribution >= 4 is 16.2 Å². The zero-order valence-corrected chi connectivity index (χ0v) is 43.5. The maximum Gasteiger partial charge on any atom is 0.397 e. The van der Waals surface area contributed by atoms with Crippen molar-refractivity contribution in [3.63, 3.8) is 0 Å². The Morgan fingerprint density at radius 3 is 2.08 bits per heavy atom. The number of hydrogen-bond acceptors (Lipinski definition) is 23. The molecule has 74 heavy (non-hydrogen) atoms. The third-order valence-corrected chi connectivity index (χ3v) is 18.4. The van der Waals surface area contributed by atoms with Crippen LogP contribution >= 0.6 is 0 Å². The van der Waals surface area contributed by atoms with Crippen LogP contribution in [0.5, 0.6) is 0 Å². The summed E-state index contributed by atoms with van der Waals surface area (Å²) in [5.74, 6) is -0.783. The largest absolute Gasteiger partial charge is 0.397 e. The molecule has 0 spiro atoms. The summed E-state index contributed by atoms with van der Waals surface area (Å²) < 4.78 is 87.1. The van der Waals surface area contributed by atoms with Crippen molar-refractivity contribution in [3.8, 4) is 0 Å². The predicted octanol–water partition coefficient (Wildman–Crippen LogP) is -1.92. The molecule has 0 aromatic carbocycles. The molecule has 12 N–H and O–H groups in total. The van der Waals surface area contributed by atoms with Gasteiger partial charge in [-0.15, -0.1) is 0 Å². The fourth-order valence-electron chi connectivity index (χ4n) is 14.1. The second kappa shape index (κ2) is 22.6. The van der Waals surface area contributed by atoms with E-state index in [1.165, 1.54) is 6.92 Å². The van der Waals surface area contributed by atoms with Crippen LogP contribution < -0.4 is 0 Å². The molecule has 25 heteroatoms. The number of carbonyl (C=O) groups excluding carboxylic acids is 1. The summed E-state index contributed by atoms with van der Waals surface area (Å²) in [5.41, 5.74) is -1.24. The summed E-state index contributed by atoms with van der Waals surface area (Å²) in [6.07, 6.45) is -26.3. The number of aliphatic hydroxyl groups is 11. The number of aliphatic hydroxyl groups excluding tert-OH is 10. The number of ether oxygens (including phenoxy) is 8. The molecule has 0 bridgehead atoms. The van der Waals surface area contributed by atoms with E-state index in [1.54, 1.807) is 6.92 Å². The number of allylic oxidation sites excluding steroid dienone is 2. The lowest BCUT2D eigenvalue weighted by molar-refractivity contribution is -0.389. The van der Waals surface area contributed by atoms with Gasteiger partial charge in [-0.3, -0.25) is 9.35 Å². The van der Waals surface area contributed by atoms with Gasteiger partial charge in [0.2, 0.25) is 0 Å². The van der Waals surface area contributed by atoms with E-state index in [4.69, 9.17) is 42.1 Å². The van der Waals surface area contributed by atoms with Crippen molar-refractivity contribution in [3.05, 3.63) is 11.6 Å². The molecule has 4 aliphatic carbocycles. The average molecular weight is 1090 g/mol. The van der Waals surface area contributed by atoms with Gasteiger partial charge in [-0.05, 0) is 99.2 Å². The summed E-state index contributed by atoms with van der Waals surface area (Å²) >= 11 is 0. The molecule has 4 heterocycles. The topological polar surface area (TPSA) is 377 Å². The van der Waals surface area contributed by atoms with Crippen LogP contribution in [0.4, 0.5) is 0 Å². The third-order valence-electron chi connectivity index (χ3n) is 17.9. The zero-order valence-electron chi connectivity index (χ0n) is 42.7. The molecular formula is C49H80O24S. The van der Waals surface area contributed by atoms with Crippen molar-refractivity contribution in [1.82, 2.24) is 0 Å². The monoisotopic (exact) mass is 1080 g/mol. The Morgan fingerprint density at radius 1 is 0.757 bits per heavy atom. The fraction of sp³-hybridized carbons (Fsp3) is 0.939. The molecule has 4 aliphatic heterocycles. The van der Waals surface area contributed by atoms with E-state index in [-0.39, 0.29) is 48.7 Å². The van der Waals surface area contributed by atoms with Gasteiger partial charge in [0.05, 0.1) is 43.7 Å². The molecule has 4 saturated heterocycles. The summed E-state index contributed by atoms with van der Waals surface area (Å²) in [6.45, 7) is 9.44. The van der Waals surface area contributed by atoms with E-state index in [9.17, 15) is 73.9 Å². The first kappa shape index (κ1) is 58.7. The molecule has 8 rings (SSSR count). The number of rotatable bonds is 16. The van der Waals surface area contributed by atoms with Crippen LogP contribution in [0.15, 0.2) is 11.6 Å². The van der Waals surface area contributed by atoms with Gasteiger partial charge in [0.15, 0.2) is 25.2 Å². The Kier molecular flexibility index (Phi) is 17.9. The predicted molar refractivity (Wildman–Crippen MR) is 250 cm³/mol. The first-order valence-corrected chi connectivity index (χ1v) is 27.4. The van der Waals surface area contributed by atoms with E-state index in [0.29, 0.717) is 32.1 Å². The Hall–Kier alpha value is -1.48. The second-order valence-electron chi connectivity index (χ2n) is 23.4. The normalized spacial score (nSPS) is 49.8. The maximum atomic E-state index is 13.1. The number of carbonyl (C=O) groups is 1. The lowest BCUT2D eigenvalue weighted by Crippen LogP contribution is -2.66. The molecule has 426 valence electrons. The lowest BCUT2D eigenvalue weighted by atomic mass is 9.47. The first-order chi connectivity index (χ1) is 34.6. The third kappa shape index (κ3) is 11.6. The van der Waals surface area contributed by atoms with Crippen LogP contribution in [0.25, 0.3) is 0 Å². The number of Topliss-reactive ketones (excluding diaryl/α,β-unsaturated/α-hetero) is 1. The summed E-state index contributed by atoms with van der Waals surface area (Å²) in [5, 5.41) is 121. The standard InChI is InChI=1S/C49H80O24S/c1-20(2)13-22(51)16-49(6,61)32-8-7-25-24-15-29(27-14-23(73-74(62,63)64)9-11-47(27,4)26(24)10-12-48(25,32)5)68-45-40(60)41(35(55)30(17-50)69-45)71-46-42(72-44-39(59)37(57)33(53)21(3)67-44)36(56)31(19-66-46)70-43-38(58)34(54)28(52)18-65-43/h10,20-21,23-25,27-46,50,52-61H,7-9,11-19H2,1-6H3,(H,62,63,64)/t21?,23-,24?,25?,27?,28?,29-,30?,31?,32-,33?,34?,35?,36?,37?,38?,39?,40?,41?,42?,43?,44?,45?,46?,47+,48-,49-/m0/s1. The number of hydrogen-bond donors (Lipinski definition) is 12. The molecule has 27 atom stereocenters. The van der Waals surface area contributed by atoms with Gasteiger partial charge in [0, 0.05) is 12.8 Å². The number of fused-ring (bicyclic) bond motifs is 5. The van der Waals surface area contributed by atoms with Crippen LogP contribution in [-0.2, 0) is 57.3 Å². The van der Waals surface area contributed by atoms with Gasteiger partial charge in [-0.25, -0.2) is 4.18 Å². The summed E-state index contributed by atoms with van der Waals surface area (Å²) in [6, 6.07) is 0. The molecule has 0 aromatic heterocycles. The van der Waals surface area contributed by atoms with Crippen molar-refractivity contribution < 1.29 is 116 Å². The Balaban J connectivity index is 1.07. The molecule has 7 fully saturated rings. The summed E-state index contributed by atoms with van der Waals surface area (Å²) in [4.78, 5) is 13.1. The van der Waals surface area contributed by atoms with Crippen LogP contribution in [-0.4, -0.2) is 223 Å². The first-order valence-electron chi connectivity index (χ1n) is 26.1. The van der Waals surface area contributed by atoms with E-state index < -0.39 is 175 Å². The van der Waals surface area contributed by atoms with Crippen molar-refractivity contribution in [1.29, 1.82) is 0 Å². The minimum atomic E-state index is -4.87. The van der Waals surface area contributed by atoms with Gasteiger partial charge in [-0.1, -0.05) is 39.3 Å². The van der Waals surface area contributed by atoms with Crippen molar-refractivity contribution in [2.45, 2.75) is 228 Å². The minimum absolute atomic E-state index is 0.00150. The van der Waals surface area contributed by atoms with Crippen molar-refractivity contribution in [2.75, 3.05) is 19.8 Å². The van der Waals surface area contributed by atoms with Crippen LogP contribution in [0.2, 0.25) is 0 Å². The fourth-order valence-corrected chi connectivity index (χ4v) is 14.6. The van der Waals surface area contributed by atoms with E-state index in [1.807, 2.05) is 13.8 Å². The Morgan fingerprint density at radius 2 is 1.41 bits per heavy atom. The zero-order chi connectivity index (χ0) is 54.1. The highest BCUT2D eigenvalue weighted by Crippen LogP contribution is 2.67. The molecule has 24 nitrogen and oxygen atoms in total. The van der Waals surface area contributed by atoms with Gasteiger partial charge < -0.3 is 94.1 Å². The second-order valence-corrected chi connectivity index (χ2v) is 24.5. The molecule has 3 saturated carbocycles. The molecule has 0 aromatic rings. The van der Waals surface area contributed by atoms with Crippen LogP contribution in [0, 0.1) is 40.4 Å². The highest BCUT2D eigenvalue weighted by atomic mass is 32.3. The van der Waals surface area contributed by atoms with Crippen LogP contribution in [0.3, 0.4) is 0 Å². The smallest absolute Gasteiger partial charge is 0.394 e. The van der Waals surface area contributed by atoms with Crippen LogP contribution in [0.1, 0.15) is 99.3 Å². The highest BCUT2D eigenvalue weighted by molar-refractivity contribution is 7.80. The maximum absolute atomic E-state index is 13.1. The highest BCUT2D eigenvalue weighted by Gasteiger charge is 2.63. The van der Waals surface area contributed by atoms with Gasteiger partial charge in [0.1, 0.15) is 85.1 Å². The molecule has 8 aliphatic rings. The van der Waals surface area contributed by atoms with Gasteiger partial charge in [0.25, 0.3) is 0 Å². The van der Waals surface area contributed by atoms with E-state index in [2.05, 4.69) is 19.9 Å². The molecule has 21 unspecified atom stereocenters. The average Bonchev–Trinajstić information content (AvgIpc) is 3.69. The Labute approximate surface area is 430 Å². The van der Waals surface area contributed by atoms with E-state index in [0.717, 1.165) is 12.0 Å². The van der Waals surface area contributed by atoms with Crippen molar-refractivity contribution in [2.24, 2.45) is 40.4 Å². The Bertz CT molecular complexity index is 2080. The molecule has 0 amide bonds. The molecule has 0 radical (unpaired) electrons. The quantitative estimate of drug-likeness (QED) is 0.0592. The van der Waals surface area contributed by atoms with Gasteiger partial charge >= 0.3 is 10.4 Å². The van der Waals surface area contributed by atoms with E-state index >= 15 is 0 Å². The minimum Gasteiger partial charge on any atom is -0.394 e. The lowest BCUT2D eigenvalue weighted by Gasteiger charge is -2.60. The molecular weight excluding hydrogens is 1000 g/mol. The number of ketones is 1. The summed E-state index contributed by atoms with van der Waals surface area (Å²) in [7, 11) is -4.87. The van der Waals surface area contributed by atoms with Gasteiger partial charge in [-0.2, -0.15) is 8.42 Å².